The van der Waals surface area contributed by atoms with E-state index in [1.807, 2.05) is 18.2 Å². The van der Waals surface area contributed by atoms with E-state index in [9.17, 15) is 0 Å². The summed E-state index contributed by atoms with van der Waals surface area (Å²) >= 11 is 0. The van der Waals surface area contributed by atoms with Crippen LogP contribution in [0.3, 0.4) is 0 Å². The molecular formula is C17H29NO2. The highest BCUT2D eigenvalue weighted by Gasteiger charge is 2.07. The molecule has 0 aromatic heterocycles. The Morgan fingerprint density at radius 3 is 2.40 bits per heavy atom. The van der Waals surface area contributed by atoms with Crippen LogP contribution in [0.2, 0.25) is 0 Å². The average molecular weight is 279 g/mol. The van der Waals surface area contributed by atoms with E-state index in [0.29, 0.717) is 6.04 Å². The fourth-order valence-electron chi connectivity index (χ4n) is 2.24. The lowest BCUT2D eigenvalue weighted by Gasteiger charge is -2.16. The van der Waals surface area contributed by atoms with Gasteiger partial charge in [0.1, 0.15) is 11.5 Å². The molecule has 1 N–H and O–H groups in total. The van der Waals surface area contributed by atoms with Crippen LogP contribution in [0, 0.1) is 5.92 Å². The molecular weight excluding hydrogens is 250 g/mol. The SMILES string of the molecule is COc1ccc(OC)c(CNC(C)CCCC(C)C)c1. The number of methoxy groups -OCH3 is 2. The summed E-state index contributed by atoms with van der Waals surface area (Å²) in [5, 5.41) is 3.56. The molecule has 0 radical (unpaired) electrons. The van der Waals surface area contributed by atoms with Gasteiger partial charge in [0.05, 0.1) is 14.2 Å². The van der Waals surface area contributed by atoms with Crippen molar-refractivity contribution >= 4 is 0 Å². The van der Waals surface area contributed by atoms with Crippen molar-refractivity contribution in [2.45, 2.75) is 52.6 Å². The van der Waals surface area contributed by atoms with Crippen LogP contribution in [0.5, 0.6) is 11.5 Å². The summed E-state index contributed by atoms with van der Waals surface area (Å²) in [4.78, 5) is 0. The molecule has 0 heterocycles. The first kappa shape index (κ1) is 16.8. The lowest BCUT2D eigenvalue weighted by Crippen LogP contribution is -2.25. The van der Waals surface area contributed by atoms with Crippen LogP contribution in [0.25, 0.3) is 0 Å². The second-order valence-corrected chi connectivity index (χ2v) is 5.78. The van der Waals surface area contributed by atoms with Crippen LogP contribution in [0.1, 0.15) is 45.6 Å². The van der Waals surface area contributed by atoms with Gasteiger partial charge in [0.25, 0.3) is 0 Å². The largest absolute Gasteiger partial charge is 0.497 e. The van der Waals surface area contributed by atoms with E-state index in [1.165, 1.54) is 19.3 Å². The van der Waals surface area contributed by atoms with Crippen LogP contribution in [0.4, 0.5) is 0 Å². The quantitative estimate of drug-likeness (QED) is 0.741. The van der Waals surface area contributed by atoms with Crippen molar-refractivity contribution in [1.29, 1.82) is 0 Å². The Kier molecular flexibility index (Phi) is 7.45. The first-order valence-electron chi connectivity index (χ1n) is 7.51. The highest BCUT2D eigenvalue weighted by atomic mass is 16.5. The molecule has 1 atom stereocenters. The van der Waals surface area contributed by atoms with Crippen molar-refractivity contribution in [2.24, 2.45) is 5.92 Å². The molecule has 0 aliphatic carbocycles. The highest BCUT2D eigenvalue weighted by Crippen LogP contribution is 2.24. The Balaban J connectivity index is 2.47. The Hall–Kier alpha value is -1.22. The predicted octanol–water partition coefficient (Wildman–Crippen LogP) is 4.01. The third-order valence-corrected chi connectivity index (χ3v) is 3.55. The highest BCUT2D eigenvalue weighted by molar-refractivity contribution is 5.40. The minimum atomic E-state index is 0.518. The molecule has 1 unspecified atom stereocenters. The molecule has 0 saturated carbocycles. The van der Waals surface area contributed by atoms with Crippen LogP contribution in [-0.4, -0.2) is 20.3 Å². The average Bonchev–Trinajstić information content (AvgIpc) is 2.44. The predicted molar refractivity (Wildman–Crippen MR) is 84.5 cm³/mol. The van der Waals surface area contributed by atoms with Gasteiger partial charge in [-0.3, -0.25) is 0 Å². The third-order valence-electron chi connectivity index (χ3n) is 3.55. The summed E-state index contributed by atoms with van der Waals surface area (Å²) < 4.78 is 10.7. The van der Waals surface area contributed by atoms with Crippen LogP contribution in [-0.2, 0) is 6.54 Å². The van der Waals surface area contributed by atoms with Gasteiger partial charge in [-0.05, 0) is 37.5 Å². The van der Waals surface area contributed by atoms with E-state index < -0.39 is 0 Å². The van der Waals surface area contributed by atoms with Crippen LogP contribution >= 0.6 is 0 Å². The molecule has 0 bridgehead atoms. The molecule has 0 aliphatic rings. The summed E-state index contributed by atoms with van der Waals surface area (Å²) in [7, 11) is 3.39. The first-order valence-corrected chi connectivity index (χ1v) is 7.51. The molecule has 0 amide bonds. The van der Waals surface area contributed by atoms with Gasteiger partial charge in [0, 0.05) is 18.2 Å². The van der Waals surface area contributed by atoms with Gasteiger partial charge in [-0.1, -0.05) is 26.7 Å². The molecule has 0 spiro atoms. The van der Waals surface area contributed by atoms with Gasteiger partial charge in [-0.15, -0.1) is 0 Å². The normalized spacial score (nSPS) is 12.5. The maximum Gasteiger partial charge on any atom is 0.123 e. The Morgan fingerprint density at radius 1 is 1.05 bits per heavy atom. The second kappa shape index (κ2) is 8.85. The third kappa shape index (κ3) is 5.83. The lowest BCUT2D eigenvalue weighted by molar-refractivity contribution is 0.393. The summed E-state index contributed by atoms with van der Waals surface area (Å²) in [6.45, 7) is 7.61. The second-order valence-electron chi connectivity index (χ2n) is 5.78. The summed E-state index contributed by atoms with van der Waals surface area (Å²) in [5.41, 5.74) is 1.14. The molecule has 3 heteroatoms. The zero-order valence-corrected chi connectivity index (χ0v) is 13.5. The lowest BCUT2D eigenvalue weighted by atomic mass is 10.0. The molecule has 1 aromatic carbocycles. The number of ether oxygens (including phenoxy) is 2. The summed E-state index contributed by atoms with van der Waals surface area (Å²) in [6.07, 6.45) is 3.79. The molecule has 114 valence electrons. The van der Waals surface area contributed by atoms with Crippen molar-refractivity contribution in [3.05, 3.63) is 23.8 Å². The molecule has 0 aliphatic heterocycles. The molecule has 1 aromatic rings. The monoisotopic (exact) mass is 279 g/mol. The Bertz CT molecular complexity index is 391. The number of benzene rings is 1. The Labute approximate surface area is 123 Å². The maximum absolute atomic E-state index is 5.39. The van der Waals surface area contributed by atoms with Gasteiger partial charge in [-0.2, -0.15) is 0 Å². The number of hydrogen-bond acceptors (Lipinski definition) is 3. The van der Waals surface area contributed by atoms with E-state index in [1.54, 1.807) is 14.2 Å². The smallest absolute Gasteiger partial charge is 0.123 e. The standard InChI is InChI=1S/C17H29NO2/c1-13(2)7-6-8-14(3)18-12-15-11-16(19-4)9-10-17(15)20-5/h9-11,13-14,18H,6-8,12H2,1-5H3. The molecule has 0 saturated heterocycles. The van der Waals surface area contributed by atoms with Crippen molar-refractivity contribution in [1.82, 2.24) is 5.32 Å². The zero-order valence-electron chi connectivity index (χ0n) is 13.5. The Morgan fingerprint density at radius 2 is 1.80 bits per heavy atom. The van der Waals surface area contributed by atoms with E-state index in [0.717, 1.165) is 29.5 Å². The van der Waals surface area contributed by atoms with E-state index in [2.05, 4.69) is 26.1 Å². The molecule has 0 fully saturated rings. The van der Waals surface area contributed by atoms with Gasteiger partial charge in [-0.25, -0.2) is 0 Å². The van der Waals surface area contributed by atoms with E-state index in [-0.39, 0.29) is 0 Å². The molecule has 1 rings (SSSR count). The van der Waals surface area contributed by atoms with Crippen molar-refractivity contribution in [2.75, 3.05) is 14.2 Å². The molecule has 3 nitrogen and oxygen atoms in total. The minimum Gasteiger partial charge on any atom is -0.497 e. The maximum atomic E-state index is 5.39. The van der Waals surface area contributed by atoms with E-state index in [4.69, 9.17) is 9.47 Å². The van der Waals surface area contributed by atoms with E-state index >= 15 is 0 Å². The summed E-state index contributed by atoms with van der Waals surface area (Å²) in [6, 6.07) is 6.44. The van der Waals surface area contributed by atoms with Crippen molar-refractivity contribution in [3.8, 4) is 11.5 Å². The molecule has 20 heavy (non-hydrogen) atoms. The first-order chi connectivity index (χ1) is 9.56. The topological polar surface area (TPSA) is 30.5 Å². The van der Waals surface area contributed by atoms with Crippen molar-refractivity contribution < 1.29 is 9.47 Å². The van der Waals surface area contributed by atoms with Crippen LogP contribution in [0.15, 0.2) is 18.2 Å². The minimum absolute atomic E-state index is 0.518. The van der Waals surface area contributed by atoms with Crippen LogP contribution < -0.4 is 14.8 Å². The zero-order chi connectivity index (χ0) is 15.0. The van der Waals surface area contributed by atoms with Gasteiger partial charge in [0.2, 0.25) is 0 Å². The van der Waals surface area contributed by atoms with Gasteiger partial charge < -0.3 is 14.8 Å². The number of hydrogen-bond donors (Lipinski definition) is 1. The number of rotatable bonds is 9. The van der Waals surface area contributed by atoms with Gasteiger partial charge in [0.15, 0.2) is 0 Å². The van der Waals surface area contributed by atoms with Gasteiger partial charge >= 0.3 is 0 Å². The number of nitrogens with one attached hydrogen (secondary N) is 1. The summed E-state index contributed by atoms with van der Waals surface area (Å²) in [5.74, 6) is 2.57. The van der Waals surface area contributed by atoms with Crippen molar-refractivity contribution in [3.63, 3.8) is 0 Å². The fourth-order valence-corrected chi connectivity index (χ4v) is 2.24. The fraction of sp³-hybridized carbons (Fsp3) is 0.647.